The number of ether oxygens (including phenoxy) is 2. The van der Waals surface area contributed by atoms with Gasteiger partial charge in [-0.1, -0.05) is 0 Å². The van der Waals surface area contributed by atoms with Crippen LogP contribution in [0, 0.1) is 0 Å². The van der Waals surface area contributed by atoms with Crippen molar-refractivity contribution in [3.05, 3.63) is 12.3 Å². The van der Waals surface area contributed by atoms with Crippen molar-refractivity contribution in [2.45, 2.75) is 6.10 Å². The minimum Gasteiger partial charge on any atom is -0.497 e. The summed E-state index contributed by atoms with van der Waals surface area (Å²) in [5.74, 6) is 0. The summed E-state index contributed by atoms with van der Waals surface area (Å²) in [6.45, 7) is 0.424. The van der Waals surface area contributed by atoms with Crippen molar-refractivity contribution >= 4 is 6.09 Å². The van der Waals surface area contributed by atoms with Gasteiger partial charge in [0, 0.05) is 7.05 Å². The van der Waals surface area contributed by atoms with Crippen LogP contribution in [0.5, 0.6) is 0 Å². The Morgan fingerprint density at radius 1 is 1.90 bits per heavy atom. The quantitative estimate of drug-likeness (QED) is 0.572. The molecule has 0 aliphatic carbocycles. The summed E-state index contributed by atoms with van der Waals surface area (Å²) in [7, 11) is 1.52. The van der Waals surface area contributed by atoms with E-state index in [4.69, 9.17) is 9.47 Å². The molecule has 0 fully saturated rings. The first-order valence-electron chi connectivity index (χ1n) is 2.99. The summed E-state index contributed by atoms with van der Waals surface area (Å²) in [5.41, 5.74) is 0. The second-order valence-electron chi connectivity index (χ2n) is 1.86. The molecule has 1 aliphatic rings. The largest absolute Gasteiger partial charge is 0.497 e. The van der Waals surface area contributed by atoms with Gasteiger partial charge in [0.1, 0.15) is 6.61 Å². The molecule has 1 amide bonds. The minimum atomic E-state index is -0.430. The maximum atomic E-state index is 10.5. The van der Waals surface area contributed by atoms with E-state index in [9.17, 15) is 4.79 Å². The van der Waals surface area contributed by atoms with Crippen LogP contribution in [0.2, 0.25) is 0 Å². The van der Waals surface area contributed by atoms with Crippen molar-refractivity contribution in [3.63, 3.8) is 0 Å². The number of alkyl carbamates (subject to hydrolysis) is 1. The lowest BCUT2D eigenvalue weighted by atomic mass is 10.4. The normalized spacial score (nSPS) is 21.9. The molecule has 56 valence electrons. The van der Waals surface area contributed by atoms with Crippen molar-refractivity contribution in [1.29, 1.82) is 0 Å². The van der Waals surface area contributed by atoms with E-state index >= 15 is 0 Å². The minimum absolute atomic E-state index is 0.222. The van der Waals surface area contributed by atoms with E-state index in [-0.39, 0.29) is 6.10 Å². The third-order valence-corrected chi connectivity index (χ3v) is 1.11. The van der Waals surface area contributed by atoms with Gasteiger partial charge in [-0.15, -0.1) is 0 Å². The molecule has 1 aliphatic heterocycles. The molecule has 0 aromatic carbocycles. The lowest BCUT2D eigenvalue weighted by molar-refractivity contribution is 0.0951. The third kappa shape index (κ3) is 1.65. The van der Waals surface area contributed by atoms with E-state index in [2.05, 4.69) is 5.32 Å². The van der Waals surface area contributed by atoms with Gasteiger partial charge in [0.15, 0.2) is 6.10 Å². The molecule has 0 saturated heterocycles. The molecule has 10 heavy (non-hydrogen) atoms. The third-order valence-electron chi connectivity index (χ3n) is 1.11. The molecule has 1 rings (SSSR count). The maximum absolute atomic E-state index is 10.5. The fraction of sp³-hybridized carbons (Fsp3) is 0.500. The van der Waals surface area contributed by atoms with Gasteiger partial charge >= 0.3 is 6.09 Å². The van der Waals surface area contributed by atoms with Crippen LogP contribution in [0.15, 0.2) is 12.3 Å². The molecular formula is C6H9NO3. The fourth-order valence-electron chi connectivity index (χ4n) is 0.619. The molecule has 1 heterocycles. The van der Waals surface area contributed by atoms with Crippen LogP contribution in [-0.2, 0) is 9.47 Å². The second-order valence-corrected chi connectivity index (χ2v) is 1.86. The van der Waals surface area contributed by atoms with Crippen molar-refractivity contribution in [1.82, 2.24) is 5.32 Å². The van der Waals surface area contributed by atoms with Crippen LogP contribution in [-0.4, -0.2) is 25.9 Å². The lowest BCUT2D eigenvalue weighted by Gasteiger charge is -2.06. The van der Waals surface area contributed by atoms with E-state index < -0.39 is 6.09 Å². The monoisotopic (exact) mass is 143 g/mol. The van der Waals surface area contributed by atoms with Crippen molar-refractivity contribution in [2.24, 2.45) is 0 Å². The standard InChI is InChI=1S/C6H9NO3/c1-7-6(8)10-5-2-3-9-4-5/h2-3,5H,4H2,1H3,(H,7,8). The molecule has 4 heteroatoms. The Hall–Kier alpha value is -1.19. The molecule has 1 unspecified atom stereocenters. The number of nitrogens with one attached hydrogen (secondary N) is 1. The first-order valence-corrected chi connectivity index (χ1v) is 2.99. The number of hydrogen-bond donors (Lipinski definition) is 1. The Bertz CT molecular complexity index is 155. The summed E-state index contributed by atoms with van der Waals surface area (Å²) < 4.78 is 9.62. The SMILES string of the molecule is CNC(=O)OC1C=COC1. The van der Waals surface area contributed by atoms with Crippen LogP contribution in [0.25, 0.3) is 0 Å². The van der Waals surface area contributed by atoms with E-state index in [0.717, 1.165) is 0 Å². The summed E-state index contributed by atoms with van der Waals surface area (Å²) in [5, 5.41) is 2.34. The highest BCUT2D eigenvalue weighted by atomic mass is 16.6. The van der Waals surface area contributed by atoms with E-state index in [0.29, 0.717) is 6.61 Å². The smallest absolute Gasteiger partial charge is 0.407 e. The maximum Gasteiger partial charge on any atom is 0.407 e. The number of amides is 1. The fourth-order valence-corrected chi connectivity index (χ4v) is 0.619. The van der Waals surface area contributed by atoms with Gasteiger partial charge < -0.3 is 14.8 Å². The van der Waals surface area contributed by atoms with Crippen molar-refractivity contribution < 1.29 is 14.3 Å². The molecule has 0 bridgehead atoms. The van der Waals surface area contributed by atoms with Gasteiger partial charge in [-0.25, -0.2) is 4.79 Å². The summed E-state index contributed by atoms with van der Waals surface area (Å²) >= 11 is 0. The lowest BCUT2D eigenvalue weighted by Crippen LogP contribution is -2.25. The topological polar surface area (TPSA) is 47.6 Å². The number of hydrogen-bond acceptors (Lipinski definition) is 3. The first-order chi connectivity index (χ1) is 4.83. The molecule has 0 radical (unpaired) electrons. The number of rotatable bonds is 1. The van der Waals surface area contributed by atoms with Gasteiger partial charge in [0.25, 0.3) is 0 Å². The van der Waals surface area contributed by atoms with E-state index in [1.54, 1.807) is 6.08 Å². The molecule has 0 saturated carbocycles. The van der Waals surface area contributed by atoms with Crippen LogP contribution < -0.4 is 5.32 Å². The Morgan fingerprint density at radius 3 is 3.20 bits per heavy atom. The van der Waals surface area contributed by atoms with Gasteiger partial charge in [0.05, 0.1) is 6.26 Å². The van der Waals surface area contributed by atoms with Gasteiger partial charge in [0.2, 0.25) is 0 Å². The zero-order chi connectivity index (χ0) is 7.40. The highest BCUT2D eigenvalue weighted by molar-refractivity contribution is 5.67. The summed E-state index contributed by atoms with van der Waals surface area (Å²) in [4.78, 5) is 10.5. The Labute approximate surface area is 58.8 Å². The molecular weight excluding hydrogens is 134 g/mol. The Morgan fingerprint density at radius 2 is 2.70 bits per heavy atom. The van der Waals surface area contributed by atoms with Crippen molar-refractivity contribution in [2.75, 3.05) is 13.7 Å². The molecule has 1 atom stereocenters. The van der Waals surface area contributed by atoms with Crippen LogP contribution in [0.4, 0.5) is 4.79 Å². The number of carbonyl (C=O) groups is 1. The summed E-state index contributed by atoms with van der Waals surface area (Å²) in [6.07, 6.45) is 2.56. The Kier molecular flexibility index (Phi) is 2.15. The predicted molar refractivity (Wildman–Crippen MR) is 34.4 cm³/mol. The van der Waals surface area contributed by atoms with Crippen LogP contribution in [0.3, 0.4) is 0 Å². The second kappa shape index (κ2) is 3.10. The van der Waals surface area contributed by atoms with Crippen molar-refractivity contribution in [3.8, 4) is 0 Å². The molecule has 1 N–H and O–H groups in total. The molecule has 4 nitrogen and oxygen atoms in total. The van der Waals surface area contributed by atoms with E-state index in [1.807, 2.05) is 0 Å². The van der Waals surface area contributed by atoms with Gasteiger partial charge in [-0.2, -0.15) is 0 Å². The first kappa shape index (κ1) is 6.92. The Balaban J connectivity index is 2.24. The zero-order valence-corrected chi connectivity index (χ0v) is 5.66. The molecule has 0 aromatic heterocycles. The number of carbonyl (C=O) groups excluding carboxylic acids is 1. The summed E-state index contributed by atoms with van der Waals surface area (Å²) in [6, 6.07) is 0. The average molecular weight is 143 g/mol. The zero-order valence-electron chi connectivity index (χ0n) is 5.66. The van der Waals surface area contributed by atoms with Crippen LogP contribution >= 0.6 is 0 Å². The van der Waals surface area contributed by atoms with E-state index in [1.165, 1.54) is 13.3 Å². The van der Waals surface area contributed by atoms with Crippen LogP contribution in [0.1, 0.15) is 0 Å². The predicted octanol–water partition coefficient (Wildman–Crippen LogP) is 0.255. The molecule has 0 aromatic rings. The van der Waals surface area contributed by atoms with Gasteiger partial charge in [-0.3, -0.25) is 0 Å². The van der Waals surface area contributed by atoms with Gasteiger partial charge in [-0.05, 0) is 6.08 Å². The average Bonchev–Trinajstić information content (AvgIpc) is 2.40. The highest BCUT2D eigenvalue weighted by Gasteiger charge is 2.13. The molecule has 0 spiro atoms. The highest BCUT2D eigenvalue weighted by Crippen LogP contribution is 2.03.